The van der Waals surface area contributed by atoms with E-state index in [1.165, 1.54) is 105 Å². The molecule has 0 atom stereocenters. The first kappa shape index (κ1) is 41.9. The average Bonchev–Trinajstić information content (AvgIpc) is 4.10. The minimum atomic E-state index is -0.895. The van der Waals surface area contributed by atoms with E-state index in [4.69, 9.17) is 8.75 Å². The van der Waals surface area contributed by atoms with Gasteiger partial charge in [-0.2, -0.15) is 8.75 Å². The lowest BCUT2D eigenvalue weighted by Gasteiger charge is -2.30. The molecule has 0 radical (unpaired) electrons. The molecule has 0 fully saturated rings. The number of carbonyl (C=O) groups is 1. The molecule has 314 valence electrons. The summed E-state index contributed by atoms with van der Waals surface area (Å²) in [6.07, 6.45) is 12.1. The maximum Gasteiger partial charge on any atom is 0.335 e. The number of carboxylic acids is 1. The van der Waals surface area contributed by atoms with Crippen molar-refractivity contribution in [2.45, 2.75) is 97.3 Å². The minimum Gasteiger partial charge on any atom is -0.478 e. The second kappa shape index (κ2) is 18.1. The molecular weight excluding hydrogens is 819 g/mol. The van der Waals surface area contributed by atoms with Crippen molar-refractivity contribution in [2.24, 2.45) is 0 Å². The Morgan fingerprint density at radius 1 is 0.548 bits per heavy atom. The van der Waals surface area contributed by atoms with Crippen LogP contribution >= 0.6 is 34.4 Å². The molecule has 62 heavy (non-hydrogen) atoms. The highest BCUT2D eigenvalue weighted by atomic mass is 32.1. The molecule has 9 rings (SSSR count). The van der Waals surface area contributed by atoms with Crippen molar-refractivity contribution in [1.29, 1.82) is 0 Å². The largest absolute Gasteiger partial charge is 0.478 e. The third-order valence-electron chi connectivity index (χ3n) is 12.7. The maximum atomic E-state index is 11.7. The average molecular weight is 872 g/mol. The zero-order valence-electron chi connectivity index (χ0n) is 36.0. The molecule has 5 aromatic carbocycles. The fraction of sp³-hybridized carbons (Fsp3) is 0.278. The summed E-state index contributed by atoms with van der Waals surface area (Å²) >= 11 is 5.19. The second-order valence-corrected chi connectivity index (χ2v) is 19.6. The highest BCUT2D eigenvalue weighted by Gasteiger charge is 2.46. The van der Waals surface area contributed by atoms with Crippen LogP contribution in [0.2, 0.25) is 0 Å². The first-order valence-corrected chi connectivity index (χ1v) is 24.6. The van der Waals surface area contributed by atoms with Gasteiger partial charge in [0.2, 0.25) is 0 Å². The Hall–Kier alpha value is -5.41. The Morgan fingerprint density at radius 2 is 1.02 bits per heavy atom. The summed E-state index contributed by atoms with van der Waals surface area (Å²) in [5.41, 5.74) is 15.1. The third-order valence-corrected chi connectivity index (χ3v) is 15.9. The van der Waals surface area contributed by atoms with Crippen LogP contribution in [0.15, 0.2) is 121 Å². The third kappa shape index (κ3) is 8.05. The van der Waals surface area contributed by atoms with Gasteiger partial charge in [0, 0.05) is 53.1 Å². The molecule has 0 aliphatic heterocycles. The normalized spacial score (nSPS) is 12.8. The van der Waals surface area contributed by atoms with E-state index in [0.29, 0.717) is 5.56 Å². The van der Waals surface area contributed by atoms with Crippen molar-refractivity contribution in [1.82, 2.24) is 8.75 Å². The van der Waals surface area contributed by atoms with Crippen LogP contribution in [0.4, 0.5) is 17.1 Å². The molecule has 0 saturated carbocycles. The molecule has 3 heterocycles. The molecule has 3 aromatic heterocycles. The van der Waals surface area contributed by atoms with Gasteiger partial charge in [-0.1, -0.05) is 137 Å². The summed E-state index contributed by atoms with van der Waals surface area (Å²) in [6, 6.07) is 43.0. The number of aryl methyl sites for hydroxylation is 2. The van der Waals surface area contributed by atoms with Crippen molar-refractivity contribution < 1.29 is 9.90 Å². The zero-order valence-corrected chi connectivity index (χ0v) is 38.5. The quantitative estimate of drug-likeness (QED) is 0.0924. The molecule has 1 aliphatic carbocycles. The molecule has 1 aliphatic rings. The van der Waals surface area contributed by atoms with E-state index in [1.807, 2.05) is 34.8 Å². The lowest BCUT2D eigenvalue weighted by molar-refractivity contribution is 0.0697. The molecule has 1 N–H and O–H groups in total. The number of carboxylic acid groups (broad SMARTS) is 1. The maximum absolute atomic E-state index is 11.7. The van der Waals surface area contributed by atoms with Crippen molar-refractivity contribution in [3.8, 4) is 43.1 Å². The molecular formula is C54H53N3O2S3. The molecule has 0 bridgehead atoms. The van der Waals surface area contributed by atoms with E-state index in [0.717, 1.165) is 63.2 Å². The summed E-state index contributed by atoms with van der Waals surface area (Å²) < 4.78 is 9.91. The second-order valence-electron chi connectivity index (χ2n) is 17.0. The monoisotopic (exact) mass is 871 g/mol. The fourth-order valence-corrected chi connectivity index (χ4v) is 12.8. The van der Waals surface area contributed by atoms with Crippen molar-refractivity contribution in [3.63, 3.8) is 0 Å². The van der Waals surface area contributed by atoms with Gasteiger partial charge in [0.15, 0.2) is 0 Å². The van der Waals surface area contributed by atoms with Gasteiger partial charge in [-0.25, -0.2) is 4.79 Å². The lowest BCUT2D eigenvalue weighted by atomic mass is 9.77. The van der Waals surface area contributed by atoms with Crippen LogP contribution in [0.25, 0.3) is 54.2 Å². The topological polar surface area (TPSA) is 66.3 Å². The van der Waals surface area contributed by atoms with Crippen LogP contribution in [0.1, 0.15) is 109 Å². The Morgan fingerprint density at radius 3 is 1.55 bits per heavy atom. The smallest absolute Gasteiger partial charge is 0.335 e. The number of hydrogen-bond donors (Lipinski definition) is 1. The van der Waals surface area contributed by atoms with E-state index in [-0.39, 0.29) is 5.41 Å². The Labute approximate surface area is 378 Å². The Kier molecular flexibility index (Phi) is 12.3. The minimum absolute atomic E-state index is 0.0366. The molecule has 8 aromatic rings. The number of fused-ring (bicyclic) bond motifs is 4. The van der Waals surface area contributed by atoms with Gasteiger partial charge in [0.1, 0.15) is 11.0 Å². The molecule has 0 saturated heterocycles. The van der Waals surface area contributed by atoms with E-state index in [2.05, 4.69) is 130 Å². The molecule has 0 amide bonds. The summed E-state index contributed by atoms with van der Waals surface area (Å²) in [5, 5.41) is 9.59. The van der Waals surface area contributed by atoms with Gasteiger partial charge in [-0.05, 0) is 110 Å². The predicted molar refractivity (Wildman–Crippen MR) is 264 cm³/mol. The number of benzene rings is 5. The molecule has 0 unspecified atom stereocenters. The Bertz CT molecular complexity index is 2760. The van der Waals surface area contributed by atoms with Crippen molar-refractivity contribution in [2.75, 3.05) is 4.90 Å². The van der Waals surface area contributed by atoms with Gasteiger partial charge < -0.3 is 10.0 Å². The van der Waals surface area contributed by atoms with Crippen LogP contribution in [0.3, 0.4) is 0 Å². The summed E-state index contributed by atoms with van der Waals surface area (Å²) in [7, 11) is 0. The fourth-order valence-electron chi connectivity index (χ4n) is 9.26. The van der Waals surface area contributed by atoms with Gasteiger partial charge >= 0.3 is 5.97 Å². The van der Waals surface area contributed by atoms with Crippen LogP contribution < -0.4 is 4.90 Å². The highest BCUT2D eigenvalue weighted by molar-refractivity contribution is 7.18. The van der Waals surface area contributed by atoms with Crippen molar-refractivity contribution >= 4 is 68.5 Å². The Balaban J connectivity index is 1.10. The van der Waals surface area contributed by atoms with E-state index >= 15 is 0 Å². The molecule has 5 nitrogen and oxygen atoms in total. The summed E-state index contributed by atoms with van der Waals surface area (Å²) in [4.78, 5) is 19.5. The van der Waals surface area contributed by atoms with E-state index in [1.54, 1.807) is 12.1 Å². The number of rotatable bonds is 17. The number of hydrogen-bond acceptors (Lipinski definition) is 7. The number of nitrogens with zero attached hydrogens (tertiary/aromatic N) is 3. The molecule has 0 spiro atoms. The zero-order chi connectivity index (χ0) is 42.8. The SMILES string of the molecule is CCCCCCC1(CCCCCC)c2sc(-c3ccc(C(=O)O)cc3)cc2-c2cc(-c3ccc(-c4ccc(N(c5ccc(C)cc5)c5ccc(C)cc5)cc4)c4nsnc34)sc21. The van der Waals surface area contributed by atoms with Gasteiger partial charge in [0.05, 0.1) is 17.3 Å². The lowest BCUT2D eigenvalue weighted by Crippen LogP contribution is -2.23. The van der Waals surface area contributed by atoms with Gasteiger partial charge in [0.25, 0.3) is 0 Å². The number of anilines is 3. The van der Waals surface area contributed by atoms with Crippen molar-refractivity contribution in [3.05, 3.63) is 148 Å². The first-order valence-electron chi connectivity index (χ1n) is 22.2. The number of aromatic nitrogens is 2. The van der Waals surface area contributed by atoms with E-state index < -0.39 is 5.97 Å². The molecule has 8 heteroatoms. The van der Waals surface area contributed by atoms with Crippen LogP contribution in [-0.4, -0.2) is 19.8 Å². The van der Waals surface area contributed by atoms with Crippen LogP contribution in [-0.2, 0) is 5.41 Å². The number of aromatic carboxylic acids is 1. The summed E-state index contributed by atoms with van der Waals surface area (Å²) in [6.45, 7) is 8.83. The van der Waals surface area contributed by atoms with Gasteiger partial charge in [-0.3, -0.25) is 0 Å². The standard InChI is InChI=1S/C54H53N3O2S3/c1-5-7-9-11-31-54(32-12-10-8-6-2)51-45(33-47(60-51)38-17-19-39(20-18-38)53(58)59)46-34-48(61-52(46)54)44-30-29-43(49-50(44)56-62-55-49)37-21-27-42(28-22-37)57(40-23-13-35(3)14-24-40)41-25-15-36(4)16-26-41/h13-30,33-34H,5-12,31-32H2,1-4H3,(H,58,59). The van der Waals surface area contributed by atoms with Crippen LogP contribution in [0.5, 0.6) is 0 Å². The highest BCUT2D eigenvalue weighted by Crippen LogP contribution is 2.62. The predicted octanol–water partition coefficient (Wildman–Crippen LogP) is 16.8. The van der Waals surface area contributed by atoms with E-state index in [9.17, 15) is 9.90 Å². The van der Waals surface area contributed by atoms with Crippen LogP contribution in [0, 0.1) is 13.8 Å². The summed E-state index contributed by atoms with van der Waals surface area (Å²) in [5.74, 6) is -0.895. The number of unbranched alkanes of at least 4 members (excludes halogenated alkanes) is 6. The first-order chi connectivity index (χ1) is 30.3. The van der Waals surface area contributed by atoms with Gasteiger partial charge in [-0.15, -0.1) is 22.7 Å². The number of thiophene rings is 2.